The molecule has 13 aromatic rings. The van der Waals surface area contributed by atoms with Gasteiger partial charge in [-0.25, -0.2) is 0 Å². The average molecular weight is 811 g/mol. The lowest BCUT2D eigenvalue weighted by Gasteiger charge is -2.35. The van der Waals surface area contributed by atoms with Gasteiger partial charge in [-0.2, -0.15) is 0 Å². The van der Waals surface area contributed by atoms with Crippen molar-refractivity contribution >= 4 is 75.8 Å². The molecule has 1 aliphatic rings. The van der Waals surface area contributed by atoms with E-state index >= 15 is 0 Å². The molecule has 1 heteroatoms. The van der Waals surface area contributed by atoms with Crippen molar-refractivity contribution in [1.82, 2.24) is 0 Å². The highest BCUT2D eigenvalue weighted by Crippen LogP contribution is 2.61. The molecule has 0 atom stereocenters. The summed E-state index contributed by atoms with van der Waals surface area (Å²) in [5.74, 6) is 0. The van der Waals surface area contributed by atoms with Crippen LogP contribution in [0.2, 0.25) is 0 Å². The quantitative estimate of drug-likeness (QED) is 0.127. The first-order chi connectivity index (χ1) is 31.8. The molecule has 1 heterocycles. The molecule has 0 saturated carbocycles. The number of benzene rings is 12. The van der Waals surface area contributed by atoms with Crippen LogP contribution >= 0.6 is 0 Å². The van der Waals surface area contributed by atoms with Gasteiger partial charge in [-0.3, -0.25) is 0 Å². The SMILES string of the molecule is c1ccc(C2(c3ccccc3)c3cc4cc(-c5c6ccccc6c(-c6ccc7oc8ccccc8c7c6)c6ccccc56)ccc4cc3-c3c2c2ccccc2c2ccccc32)cc1. The Morgan fingerprint density at radius 1 is 0.281 bits per heavy atom. The van der Waals surface area contributed by atoms with Crippen molar-refractivity contribution in [2.24, 2.45) is 0 Å². The maximum atomic E-state index is 6.28. The zero-order valence-corrected chi connectivity index (χ0v) is 34.8. The molecule has 0 amide bonds. The van der Waals surface area contributed by atoms with E-state index in [2.05, 4.69) is 224 Å². The third-order valence-electron chi connectivity index (χ3n) is 14.3. The van der Waals surface area contributed by atoms with Crippen LogP contribution in [0.3, 0.4) is 0 Å². The van der Waals surface area contributed by atoms with Crippen molar-refractivity contribution in [1.29, 1.82) is 0 Å². The average Bonchev–Trinajstić information content (AvgIpc) is 3.89. The third kappa shape index (κ3) is 4.79. The van der Waals surface area contributed by atoms with Gasteiger partial charge in [0.15, 0.2) is 0 Å². The van der Waals surface area contributed by atoms with Crippen LogP contribution < -0.4 is 0 Å². The van der Waals surface area contributed by atoms with Crippen LogP contribution in [-0.2, 0) is 5.41 Å². The van der Waals surface area contributed by atoms with Gasteiger partial charge in [0.2, 0.25) is 0 Å². The maximum Gasteiger partial charge on any atom is 0.135 e. The van der Waals surface area contributed by atoms with Crippen LogP contribution in [0.25, 0.3) is 109 Å². The summed E-state index contributed by atoms with van der Waals surface area (Å²) in [6.07, 6.45) is 0. The van der Waals surface area contributed by atoms with Gasteiger partial charge >= 0.3 is 0 Å². The number of furan rings is 1. The molecule has 1 nitrogen and oxygen atoms in total. The molecule has 12 aromatic carbocycles. The molecule has 0 spiro atoms. The molecule has 0 aliphatic heterocycles. The highest BCUT2D eigenvalue weighted by molar-refractivity contribution is 6.23. The van der Waals surface area contributed by atoms with E-state index in [-0.39, 0.29) is 0 Å². The van der Waals surface area contributed by atoms with Gasteiger partial charge in [-0.15, -0.1) is 0 Å². The van der Waals surface area contributed by atoms with Crippen molar-refractivity contribution in [3.05, 3.63) is 253 Å². The minimum atomic E-state index is -0.566. The third-order valence-corrected chi connectivity index (χ3v) is 14.3. The Morgan fingerprint density at radius 2 is 0.734 bits per heavy atom. The van der Waals surface area contributed by atoms with Crippen LogP contribution in [-0.4, -0.2) is 0 Å². The summed E-state index contributed by atoms with van der Waals surface area (Å²) in [5.41, 5.74) is 14.0. The van der Waals surface area contributed by atoms with E-state index in [9.17, 15) is 0 Å². The van der Waals surface area contributed by atoms with Crippen LogP contribution in [0.4, 0.5) is 0 Å². The molecule has 0 unspecified atom stereocenters. The lowest BCUT2D eigenvalue weighted by molar-refractivity contribution is 0.669. The van der Waals surface area contributed by atoms with Crippen molar-refractivity contribution < 1.29 is 4.42 Å². The molecule has 1 aliphatic carbocycles. The maximum absolute atomic E-state index is 6.28. The van der Waals surface area contributed by atoms with E-state index in [1.54, 1.807) is 0 Å². The summed E-state index contributed by atoms with van der Waals surface area (Å²) < 4.78 is 6.28. The Bertz CT molecular complexity index is 3960. The van der Waals surface area contributed by atoms with E-state index in [0.717, 1.165) is 21.9 Å². The van der Waals surface area contributed by atoms with E-state index in [1.165, 1.54) is 109 Å². The molecule has 0 bridgehead atoms. The van der Waals surface area contributed by atoms with E-state index in [0.29, 0.717) is 0 Å². The summed E-state index contributed by atoms with van der Waals surface area (Å²) >= 11 is 0. The Morgan fingerprint density at radius 3 is 1.34 bits per heavy atom. The summed E-state index contributed by atoms with van der Waals surface area (Å²) in [5, 5.41) is 14.8. The highest BCUT2D eigenvalue weighted by atomic mass is 16.3. The first-order valence-corrected chi connectivity index (χ1v) is 22.2. The van der Waals surface area contributed by atoms with Gasteiger partial charge in [0, 0.05) is 10.8 Å². The van der Waals surface area contributed by atoms with Gasteiger partial charge < -0.3 is 4.42 Å². The first-order valence-electron chi connectivity index (χ1n) is 22.2. The molecule has 64 heavy (non-hydrogen) atoms. The molecular formula is C63H38O. The number of fused-ring (bicyclic) bond motifs is 14. The Labute approximate surface area is 370 Å². The van der Waals surface area contributed by atoms with Crippen molar-refractivity contribution in [2.45, 2.75) is 5.41 Å². The Hall–Kier alpha value is -8.26. The van der Waals surface area contributed by atoms with E-state index in [4.69, 9.17) is 4.42 Å². The fraction of sp³-hybridized carbons (Fsp3) is 0.0159. The summed E-state index contributed by atoms with van der Waals surface area (Å²) in [4.78, 5) is 0. The van der Waals surface area contributed by atoms with Crippen LogP contribution in [0, 0.1) is 0 Å². The predicted molar refractivity (Wildman–Crippen MR) is 269 cm³/mol. The fourth-order valence-corrected chi connectivity index (χ4v) is 11.7. The second kappa shape index (κ2) is 13.4. The Kier molecular flexibility index (Phi) is 7.38. The molecule has 0 saturated heterocycles. The smallest absolute Gasteiger partial charge is 0.135 e. The van der Waals surface area contributed by atoms with Gasteiger partial charge in [-0.05, 0) is 146 Å². The van der Waals surface area contributed by atoms with Crippen LogP contribution in [0.5, 0.6) is 0 Å². The van der Waals surface area contributed by atoms with E-state index < -0.39 is 5.41 Å². The minimum Gasteiger partial charge on any atom is -0.456 e. The first kappa shape index (κ1) is 35.3. The number of hydrogen-bond donors (Lipinski definition) is 0. The largest absolute Gasteiger partial charge is 0.456 e. The van der Waals surface area contributed by atoms with Gasteiger partial charge in [-0.1, -0.05) is 194 Å². The fourth-order valence-electron chi connectivity index (χ4n) is 11.7. The molecule has 296 valence electrons. The predicted octanol–water partition coefficient (Wildman–Crippen LogP) is 17.0. The molecule has 14 rings (SSSR count). The summed E-state index contributed by atoms with van der Waals surface area (Å²) in [7, 11) is 0. The topological polar surface area (TPSA) is 13.1 Å². The van der Waals surface area contributed by atoms with Gasteiger partial charge in [0.25, 0.3) is 0 Å². The number of hydrogen-bond acceptors (Lipinski definition) is 1. The van der Waals surface area contributed by atoms with Crippen molar-refractivity contribution in [2.75, 3.05) is 0 Å². The van der Waals surface area contributed by atoms with Crippen molar-refractivity contribution in [3.8, 4) is 33.4 Å². The molecule has 0 fully saturated rings. The normalized spacial score (nSPS) is 13.1. The monoisotopic (exact) mass is 810 g/mol. The second-order valence-electron chi connectivity index (χ2n) is 17.4. The molecular weight excluding hydrogens is 773 g/mol. The molecule has 0 radical (unpaired) electrons. The van der Waals surface area contributed by atoms with E-state index in [1.807, 2.05) is 6.07 Å². The standard InChI is InChI=1S/C63H38O/c1-3-17-43(18-4-1)63(44-19-5-2-6-20-44)56-38-42-35-40(32-31-39(42)36-55(56)61-48-24-9-7-21-45(48)46-22-8-14-29-53(46)62(61)63)59-49-25-10-12-27-51(49)60(52-28-13-11-26-50(52)59)41-33-34-58-54(37-41)47-23-15-16-30-57(47)64-58/h1-38H. The second-order valence-corrected chi connectivity index (χ2v) is 17.4. The Balaban J connectivity index is 1.06. The molecule has 0 N–H and O–H groups in total. The lowest BCUT2D eigenvalue weighted by atomic mass is 9.66. The van der Waals surface area contributed by atoms with Crippen LogP contribution in [0.1, 0.15) is 22.3 Å². The van der Waals surface area contributed by atoms with Gasteiger partial charge in [0.1, 0.15) is 11.2 Å². The summed E-state index contributed by atoms with van der Waals surface area (Å²) in [6.45, 7) is 0. The van der Waals surface area contributed by atoms with Gasteiger partial charge in [0.05, 0.1) is 5.41 Å². The highest BCUT2D eigenvalue weighted by Gasteiger charge is 2.48. The lowest BCUT2D eigenvalue weighted by Crippen LogP contribution is -2.28. The molecule has 1 aromatic heterocycles. The number of rotatable bonds is 4. The summed E-state index contributed by atoms with van der Waals surface area (Å²) in [6, 6.07) is 85.6. The zero-order valence-electron chi connectivity index (χ0n) is 34.8. The van der Waals surface area contributed by atoms with Crippen molar-refractivity contribution in [3.63, 3.8) is 0 Å². The van der Waals surface area contributed by atoms with Crippen LogP contribution in [0.15, 0.2) is 235 Å². The minimum absolute atomic E-state index is 0.566. The number of para-hydroxylation sites is 1. The zero-order chi connectivity index (χ0) is 41.9.